The quantitative estimate of drug-likeness (QED) is 0.612. The van der Waals surface area contributed by atoms with Crippen LogP contribution in [0.4, 0.5) is 0 Å². The normalized spacial score (nSPS) is 13.5. The van der Waals surface area contributed by atoms with Crippen molar-refractivity contribution in [3.63, 3.8) is 0 Å². The first-order chi connectivity index (χ1) is 6.16. The van der Waals surface area contributed by atoms with Crippen molar-refractivity contribution in [3.8, 4) is 0 Å². The van der Waals surface area contributed by atoms with Gasteiger partial charge in [-0.3, -0.25) is 4.21 Å². The molecule has 0 saturated heterocycles. The minimum absolute atomic E-state index is 0.560. The zero-order valence-electron chi connectivity index (χ0n) is 9.14. The van der Waals surface area contributed by atoms with E-state index in [0.717, 1.165) is 31.0 Å². The van der Waals surface area contributed by atoms with Crippen molar-refractivity contribution in [2.75, 3.05) is 24.6 Å². The summed E-state index contributed by atoms with van der Waals surface area (Å²) in [5.74, 6) is 2.27. The van der Waals surface area contributed by atoms with Gasteiger partial charge in [0, 0.05) is 22.3 Å². The molecule has 0 bridgehead atoms. The van der Waals surface area contributed by atoms with Crippen molar-refractivity contribution in [2.24, 2.45) is 5.92 Å². The topological polar surface area (TPSA) is 29.1 Å². The van der Waals surface area contributed by atoms with Crippen LogP contribution in [0.3, 0.4) is 0 Å². The van der Waals surface area contributed by atoms with E-state index in [2.05, 4.69) is 26.1 Å². The number of hydrogen-bond acceptors (Lipinski definition) is 2. The van der Waals surface area contributed by atoms with Crippen LogP contribution in [-0.2, 0) is 10.8 Å². The molecule has 0 spiro atoms. The van der Waals surface area contributed by atoms with Crippen molar-refractivity contribution < 1.29 is 4.21 Å². The lowest BCUT2D eigenvalue weighted by Gasteiger charge is -2.05. The van der Waals surface area contributed by atoms with Gasteiger partial charge < -0.3 is 5.32 Å². The average molecular weight is 205 g/mol. The van der Waals surface area contributed by atoms with Crippen LogP contribution in [0.5, 0.6) is 0 Å². The Morgan fingerprint density at radius 1 is 1.31 bits per heavy atom. The largest absolute Gasteiger partial charge is 0.317 e. The van der Waals surface area contributed by atoms with Gasteiger partial charge in [0.05, 0.1) is 0 Å². The van der Waals surface area contributed by atoms with Crippen LogP contribution in [0.15, 0.2) is 0 Å². The number of hydrogen-bond donors (Lipinski definition) is 1. The summed E-state index contributed by atoms with van der Waals surface area (Å²) in [4.78, 5) is 0. The highest BCUT2D eigenvalue weighted by Crippen LogP contribution is 1.97. The van der Waals surface area contributed by atoms with Crippen molar-refractivity contribution in [1.29, 1.82) is 0 Å². The van der Waals surface area contributed by atoms with Crippen LogP contribution in [0.1, 0.15) is 33.6 Å². The summed E-state index contributed by atoms with van der Waals surface area (Å²) < 4.78 is 11.4. The lowest BCUT2D eigenvalue weighted by Crippen LogP contribution is -2.18. The molecule has 0 aliphatic heterocycles. The molecule has 0 fully saturated rings. The molecule has 0 heterocycles. The van der Waals surface area contributed by atoms with Crippen molar-refractivity contribution in [3.05, 3.63) is 0 Å². The molecule has 0 radical (unpaired) electrons. The summed E-state index contributed by atoms with van der Waals surface area (Å²) in [5, 5.41) is 3.31. The lowest BCUT2D eigenvalue weighted by atomic mass is 10.3. The lowest BCUT2D eigenvalue weighted by molar-refractivity contribution is 0.644. The van der Waals surface area contributed by atoms with Gasteiger partial charge in [-0.05, 0) is 31.8 Å². The van der Waals surface area contributed by atoms with E-state index in [0.29, 0.717) is 5.92 Å². The van der Waals surface area contributed by atoms with Crippen LogP contribution in [0, 0.1) is 5.92 Å². The summed E-state index contributed by atoms with van der Waals surface area (Å²) in [5.41, 5.74) is 0. The molecule has 0 amide bonds. The Labute approximate surface area is 84.9 Å². The predicted octanol–water partition coefficient (Wildman–Crippen LogP) is 1.78. The molecule has 0 aliphatic rings. The average Bonchev–Trinajstić information content (AvgIpc) is 2.02. The van der Waals surface area contributed by atoms with E-state index in [1.807, 2.05) is 0 Å². The summed E-state index contributed by atoms with van der Waals surface area (Å²) in [6, 6.07) is 0. The molecule has 13 heavy (non-hydrogen) atoms. The molecule has 0 saturated carbocycles. The van der Waals surface area contributed by atoms with E-state index in [1.165, 1.54) is 6.42 Å². The van der Waals surface area contributed by atoms with Gasteiger partial charge in [0.2, 0.25) is 0 Å². The molecule has 1 atom stereocenters. The Morgan fingerprint density at radius 2 is 2.00 bits per heavy atom. The van der Waals surface area contributed by atoms with E-state index in [9.17, 15) is 4.21 Å². The third-order valence-corrected chi connectivity index (χ3v) is 3.45. The molecular formula is C10H23NOS. The molecule has 0 aromatic carbocycles. The first kappa shape index (κ1) is 13.1. The first-order valence-electron chi connectivity index (χ1n) is 5.22. The molecule has 2 nitrogen and oxygen atoms in total. The zero-order valence-corrected chi connectivity index (χ0v) is 9.95. The van der Waals surface area contributed by atoms with Gasteiger partial charge >= 0.3 is 0 Å². The van der Waals surface area contributed by atoms with Crippen LogP contribution in [0.25, 0.3) is 0 Å². The Morgan fingerprint density at radius 3 is 2.54 bits per heavy atom. The SMILES string of the molecule is CCCNCCCS(=O)CC(C)C. The van der Waals surface area contributed by atoms with E-state index >= 15 is 0 Å². The molecule has 0 aliphatic carbocycles. The summed E-state index contributed by atoms with van der Waals surface area (Å²) in [6.07, 6.45) is 2.22. The number of nitrogens with one attached hydrogen (secondary N) is 1. The fraction of sp³-hybridized carbons (Fsp3) is 1.00. The molecular weight excluding hydrogens is 182 g/mol. The van der Waals surface area contributed by atoms with E-state index < -0.39 is 10.8 Å². The van der Waals surface area contributed by atoms with Crippen LogP contribution in [0.2, 0.25) is 0 Å². The van der Waals surface area contributed by atoms with Gasteiger partial charge in [-0.25, -0.2) is 0 Å². The molecule has 1 N–H and O–H groups in total. The van der Waals surface area contributed by atoms with E-state index in [1.54, 1.807) is 0 Å². The Bertz CT molecular complexity index is 137. The zero-order chi connectivity index (χ0) is 10.1. The van der Waals surface area contributed by atoms with Crippen molar-refractivity contribution in [2.45, 2.75) is 33.6 Å². The maximum Gasteiger partial charge on any atom is 0.0257 e. The monoisotopic (exact) mass is 205 g/mol. The summed E-state index contributed by atoms with van der Waals surface area (Å²) in [6.45, 7) is 8.48. The maximum atomic E-state index is 11.4. The minimum Gasteiger partial charge on any atom is -0.317 e. The molecule has 0 aromatic rings. The van der Waals surface area contributed by atoms with Crippen molar-refractivity contribution >= 4 is 10.8 Å². The molecule has 0 aromatic heterocycles. The highest BCUT2D eigenvalue weighted by Gasteiger charge is 2.01. The highest BCUT2D eigenvalue weighted by molar-refractivity contribution is 7.84. The predicted molar refractivity (Wildman–Crippen MR) is 60.5 cm³/mol. The maximum absolute atomic E-state index is 11.4. The fourth-order valence-electron chi connectivity index (χ4n) is 1.12. The Balaban J connectivity index is 3.17. The molecule has 3 heteroatoms. The minimum atomic E-state index is -0.596. The molecule has 0 rings (SSSR count). The second-order valence-corrected chi connectivity index (χ2v) is 5.43. The van der Waals surface area contributed by atoms with Gasteiger partial charge in [0.25, 0.3) is 0 Å². The standard InChI is InChI=1S/C10H23NOS/c1-4-6-11-7-5-8-13(12)9-10(2)3/h10-11H,4-9H2,1-3H3. The van der Waals surface area contributed by atoms with Crippen LogP contribution >= 0.6 is 0 Å². The van der Waals surface area contributed by atoms with Gasteiger partial charge in [0.15, 0.2) is 0 Å². The second kappa shape index (κ2) is 8.70. The third-order valence-electron chi connectivity index (χ3n) is 1.67. The Hall–Kier alpha value is 0.110. The first-order valence-corrected chi connectivity index (χ1v) is 6.71. The smallest absolute Gasteiger partial charge is 0.0257 e. The van der Waals surface area contributed by atoms with Crippen LogP contribution < -0.4 is 5.32 Å². The second-order valence-electron chi connectivity index (χ2n) is 3.81. The molecule has 1 unspecified atom stereocenters. The highest BCUT2D eigenvalue weighted by atomic mass is 32.2. The molecule has 80 valence electrons. The fourth-order valence-corrected chi connectivity index (χ4v) is 2.49. The van der Waals surface area contributed by atoms with Gasteiger partial charge in [-0.2, -0.15) is 0 Å². The van der Waals surface area contributed by atoms with E-state index in [4.69, 9.17) is 0 Å². The van der Waals surface area contributed by atoms with Crippen LogP contribution in [-0.4, -0.2) is 28.8 Å². The Kier molecular flexibility index (Phi) is 8.77. The van der Waals surface area contributed by atoms with Gasteiger partial charge in [0.1, 0.15) is 0 Å². The van der Waals surface area contributed by atoms with E-state index in [-0.39, 0.29) is 0 Å². The van der Waals surface area contributed by atoms with Gasteiger partial charge in [-0.1, -0.05) is 20.8 Å². The summed E-state index contributed by atoms with van der Waals surface area (Å²) in [7, 11) is -0.596. The van der Waals surface area contributed by atoms with Crippen molar-refractivity contribution in [1.82, 2.24) is 5.32 Å². The van der Waals surface area contributed by atoms with Gasteiger partial charge in [-0.15, -0.1) is 0 Å². The third kappa shape index (κ3) is 10.0. The number of rotatable bonds is 8. The summed E-state index contributed by atoms with van der Waals surface area (Å²) >= 11 is 0.